The Morgan fingerprint density at radius 3 is 2.52 bits per heavy atom. The van der Waals surface area contributed by atoms with E-state index in [2.05, 4.69) is 35.5 Å². The third-order valence-electron chi connectivity index (χ3n) is 5.13. The van der Waals surface area contributed by atoms with Crippen LogP contribution in [0.3, 0.4) is 0 Å². The summed E-state index contributed by atoms with van der Waals surface area (Å²) in [4.78, 5) is 12.8. The molecule has 4 aromatic rings. The molecule has 4 rings (SSSR count). The maximum Gasteiger partial charge on any atom is 0.255 e. The molecule has 1 aromatic heterocycles. The maximum atomic E-state index is 12.8. The van der Waals surface area contributed by atoms with Crippen molar-refractivity contribution in [1.82, 2.24) is 15.0 Å². The Morgan fingerprint density at radius 1 is 1.00 bits per heavy atom. The molecule has 5 nitrogen and oxygen atoms in total. The fourth-order valence-electron chi connectivity index (χ4n) is 3.50. The molecule has 29 heavy (non-hydrogen) atoms. The van der Waals surface area contributed by atoms with Crippen LogP contribution < -0.4 is 5.32 Å². The lowest BCUT2D eigenvalue weighted by Gasteiger charge is -2.16. The molecule has 146 valence electrons. The summed E-state index contributed by atoms with van der Waals surface area (Å²) in [5.41, 5.74) is 6.70. The van der Waals surface area contributed by atoms with E-state index in [4.69, 9.17) is 0 Å². The molecule has 0 aliphatic carbocycles. The number of rotatable bonds is 5. The summed E-state index contributed by atoms with van der Waals surface area (Å²) in [5, 5.41) is 11.5. The number of aryl methyl sites for hydroxylation is 1. The van der Waals surface area contributed by atoms with Crippen molar-refractivity contribution in [3.05, 3.63) is 89.0 Å². The van der Waals surface area contributed by atoms with Crippen LogP contribution in [0, 0.1) is 6.92 Å². The molecule has 1 heterocycles. The number of carbonyl (C=O) groups excluding carboxylic acids is 1. The highest BCUT2D eigenvalue weighted by Crippen LogP contribution is 2.28. The first-order valence-corrected chi connectivity index (χ1v) is 9.81. The highest BCUT2D eigenvalue weighted by Gasteiger charge is 2.13. The van der Waals surface area contributed by atoms with E-state index in [1.807, 2.05) is 72.3 Å². The van der Waals surface area contributed by atoms with Gasteiger partial charge in [-0.2, -0.15) is 0 Å². The molecule has 0 fully saturated rings. The van der Waals surface area contributed by atoms with Crippen molar-refractivity contribution in [3.8, 4) is 0 Å². The lowest BCUT2D eigenvalue weighted by Crippen LogP contribution is -2.15. The van der Waals surface area contributed by atoms with Gasteiger partial charge in [-0.1, -0.05) is 61.5 Å². The van der Waals surface area contributed by atoms with Gasteiger partial charge in [-0.05, 0) is 53.8 Å². The SMILES string of the molecule is Cc1cccc(C(C)C)c1NC(=O)c1ccc(Cn2nnc3ccccc32)cc1. The van der Waals surface area contributed by atoms with E-state index in [0.29, 0.717) is 18.0 Å². The van der Waals surface area contributed by atoms with Crippen LogP contribution in [0.15, 0.2) is 66.7 Å². The van der Waals surface area contributed by atoms with Crippen molar-refractivity contribution in [2.75, 3.05) is 5.32 Å². The second-order valence-electron chi connectivity index (χ2n) is 7.58. The predicted octanol–water partition coefficient (Wildman–Crippen LogP) is 5.16. The minimum atomic E-state index is -0.0982. The third-order valence-corrected chi connectivity index (χ3v) is 5.13. The monoisotopic (exact) mass is 384 g/mol. The molecule has 0 aliphatic rings. The van der Waals surface area contributed by atoms with Crippen molar-refractivity contribution in [2.45, 2.75) is 33.2 Å². The number of fused-ring (bicyclic) bond motifs is 1. The number of benzene rings is 3. The van der Waals surface area contributed by atoms with Crippen LogP contribution in [-0.4, -0.2) is 20.9 Å². The first-order chi connectivity index (χ1) is 14.0. The lowest BCUT2D eigenvalue weighted by molar-refractivity contribution is 0.102. The normalized spacial score (nSPS) is 11.2. The van der Waals surface area contributed by atoms with Gasteiger partial charge in [0, 0.05) is 11.3 Å². The Morgan fingerprint density at radius 2 is 1.76 bits per heavy atom. The van der Waals surface area contributed by atoms with Crippen LogP contribution in [0.1, 0.15) is 46.8 Å². The number of amides is 1. The van der Waals surface area contributed by atoms with Gasteiger partial charge >= 0.3 is 0 Å². The van der Waals surface area contributed by atoms with E-state index in [1.165, 1.54) is 0 Å². The summed E-state index contributed by atoms with van der Waals surface area (Å²) < 4.78 is 1.87. The smallest absolute Gasteiger partial charge is 0.255 e. The molecule has 0 saturated heterocycles. The Hall–Kier alpha value is -3.47. The highest BCUT2D eigenvalue weighted by atomic mass is 16.1. The highest BCUT2D eigenvalue weighted by molar-refractivity contribution is 6.05. The van der Waals surface area contributed by atoms with E-state index in [0.717, 1.165) is 33.4 Å². The first kappa shape index (κ1) is 18.9. The molecule has 0 bridgehead atoms. The molecule has 0 unspecified atom stereocenters. The minimum Gasteiger partial charge on any atom is -0.321 e. The molecule has 5 heteroatoms. The van der Waals surface area contributed by atoms with Crippen LogP contribution in [0.2, 0.25) is 0 Å². The van der Waals surface area contributed by atoms with Gasteiger partial charge in [0.1, 0.15) is 5.52 Å². The minimum absolute atomic E-state index is 0.0982. The van der Waals surface area contributed by atoms with Crippen molar-refractivity contribution in [3.63, 3.8) is 0 Å². The van der Waals surface area contributed by atoms with Crippen LogP contribution in [-0.2, 0) is 6.54 Å². The topological polar surface area (TPSA) is 59.8 Å². The Bertz CT molecular complexity index is 1160. The van der Waals surface area contributed by atoms with E-state index in [1.54, 1.807) is 0 Å². The number of carbonyl (C=O) groups is 1. The van der Waals surface area contributed by atoms with Gasteiger partial charge in [-0.15, -0.1) is 5.10 Å². The average molecular weight is 384 g/mol. The third kappa shape index (κ3) is 3.90. The van der Waals surface area contributed by atoms with Gasteiger partial charge in [0.2, 0.25) is 0 Å². The zero-order valence-electron chi connectivity index (χ0n) is 16.9. The number of para-hydroxylation sites is 2. The second-order valence-corrected chi connectivity index (χ2v) is 7.58. The van der Waals surface area contributed by atoms with Gasteiger partial charge in [-0.25, -0.2) is 4.68 Å². The van der Waals surface area contributed by atoms with Gasteiger partial charge in [-0.3, -0.25) is 4.79 Å². The Labute approximate surface area is 170 Å². The molecule has 0 spiro atoms. The number of hydrogen-bond donors (Lipinski definition) is 1. The Kier molecular flexibility index (Phi) is 5.12. The fourth-order valence-corrected chi connectivity index (χ4v) is 3.50. The van der Waals surface area contributed by atoms with Crippen molar-refractivity contribution in [1.29, 1.82) is 0 Å². The fraction of sp³-hybridized carbons (Fsp3) is 0.208. The summed E-state index contributed by atoms with van der Waals surface area (Å²) in [5.74, 6) is 0.240. The van der Waals surface area contributed by atoms with E-state index < -0.39 is 0 Å². The van der Waals surface area contributed by atoms with E-state index in [9.17, 15) is 4.79 Å². The first-order valence-electron chi connectivity index (χ1n) is 9.81. The zero-order chi connectivity index (χ0) is 20.4. The molecule has 0 atom stereocenters. The summed E-state index contributed by atoms with van der Waals surface area (Å²) in [6, 6.07) is 21.7. The quantitative estimate of drug-likeness (QED) is 0.517. The summed E-state index contributed by atoms with van der Waals surface area (Å²) in [7, 11) is 0. The Balaban J connectivity index is 1.52. The largest absolute Gasteiger partial charge is 0.321 e. The second kappa shape index (κ2) is 7.87. The summed E-state index contributed by atoms with van der Waals surface area (Å²) in [6.07, 6.45) is 0. The maximum absolute atomic E-state index is 12.8. The molecule has 1 amide bonds. The molecular weight excluding hydrogens is 360 g/mol. The van der Waals surface area contributed by atoms with E-state index >= 15 is 0 Å². The van der Waals surface area contributed by atoms with Crippen LogP contribution in [0.5, 0.6) is 0 Å². The van der Waals surface area contributed by atoms with Crippen LogP contribution in [0.4, 0.5) is 5.69 Å². The lowest BCUT2D eigenvalue weighted by atomic mass is 9.98. The number of hydrogen-bond acceptors (Lipinski definition) is 3. The van der Waals surface area contributed by atoms with Crippen molar-refractivity contribution >= 4 is 22.6 Å². The van der Waals surface area contributed by atoms with Crippen molar-refractivity contribution < 1.29 is 4.79 Å². The van der Waals surface area contributed by atoms with Gasteiger partial charge < -0.3 is 5.32 Å². The molecule has 3 aromatic carbocycles. The average Bonchev–Trinajstić information content (AvgIpc) is 3.13. The van der Waals surface area contributed by atoms with Crippen LogP contribution in [0.25, 0.3) is 11.0 Å². The van der Waals surface area contributed by atoms with Gasteiger partial charge in [0.05, 0.1) is 12.1 Å². The number of nitrogens with zero attached hydrogens (tertiary/aromatic N) is 3. The molecule has 1 N–H and O–H groups in total. The van der Waals surface area contributed by atoms with Gasteiger partial charge in [0.15, 0.2) is 0 Å². The van der Waals surface area contributed by atoms with Crippen molar-refractivity contribution in [2.24, 2.45) is 0 Å². The summed E-state index contributed by atoms with van der Waals surface area (Å²) in [6.45, 7) is 6.89. The number of anilines is 1. The number of nitrogens with one attached hydrogen (secondary N) is 1. The van der Waals surface area contributed by atoms with E-state index in [-0.39, 0.29) is 5.91 Å². The summed E-state index contributed by atoms with van der Waals surface area (Å²) >= 11 is 0. The predicted molar refractivity (Wildman–Crippen MR) is 116 cm³/mol. The number of aromatic nitrogens is 3. The standard InChI is InChI=1S/C24H24N4O/c1-16(2)20-8-6-7-17(3)23(20)25-24(29)19-13-11-18(12-14-19)15-28-22-10-5-4-9-21(22)26-27-28/h4-14,16H,15H2,1-3H3,(H,25,29). The zero-order valence-corrected chi connectivity index (χ0v) is 16.9. The molecular formula is C24H24N4O. The van der Waals surface area contributed by atoms with Gasteiger partial charge in [0.25, 0.3) is 5.91 Å². The molecule has 0 aliphatic heterocycles. The molecule has 0 saturated carbocycles. The van der Waals surface area contributed by atoms with Crippen LogP contribution >= 0.6 is 0 Å². The molecule has 0 radical (unpaired) electrons.